The highest BCUT2D eigenvalue weighted by atomic mass is 35.7. The quantitative estimate of drug-likeness (QED) is 0.362. The van der Waals surface area contributed by atoms with E-state index in [9.17, 15) is 18.5 Å². The van der Waals surface area contributed by atoms with Crippen LogP contribution in [0.1, 0.15) is 19.4 Å². The molecule has 0 heterocycles. The molecule has 18 heavy (non-hydrogen) atoms. The number of halogens is 1. The van der Waals surface area contributed by atoms with E-state index >= 15 is 0 Å². The minimum atomic E-state index is -3.99. The van der Waals surface area contributed by atoms with Gasteiger partial charge in [-0.1, -0.05) is 25.7 Å². The molecule has 7 heteroatoms. The maximum atomic E-state index is 11.1. The first-order valence-corrected chi connectivity index (χ1v) is 7.27. The Labute approximate surface area is 109 Å². The molecule has 96 valence electrons. The standard InChI is InChI=1S/C11H10ClNO4S/c1-8(2)3-4-9-5-6-10(18(12,16)17)7-11(9)13(14)15/h5-8H,1-2H3. The van der Waals surface area contributed by atoms with E-state index in [1.165, 1.54) is 12.1 Å². The Morgan fingerprint density at radius 1 is 1.39 bits per heavy atom. The molecule has 0 aliphatic rings. The highest BCUT2D eigenvalue weighted by molar-refractivity contribution is 8.13. The summed E-state index contributed by atoms with van der Waals surface area (Å²) in [6, 6.07) is 3.38. The summed E-state index contributed by atoms with van der Waals surface area (Å²) < 4.78 is 22.2. The van der Waals surface area contributed by atoms with Gasteiger partial charge in [-0.2, -0.15) is 0 Å². The highest BCUT2D eigenvalue weighted by Gasteiger charge is 2.18. The Balaban J connectivity index is 3.41. The average Bonchev–Trinajstić information content (AvgIpc) is 2.24. The van der Waals surface area contributed by atoms with Gasteiger partial charge >= 0.3 is 0 Å². The molecule has 0 atom stereocenters. The van der Waals surface area contributed by atoms with Crippen LogP contribution in [0.15, 0.2) is 23.1 Å². The number of rotatable bonds is 2. The minimum Gasteiger partial charge on any atom is -0.258 e. The summed E-state index contributed by atoms with van der Waals surface area (Å²) in [7, 11) is 1.14. The summed E-state index contributed by atoms with van der Waals surface area (Å²) in [5.74, 6) is 5.48. The van der Waals surface area contributed by atoms with E-state index in [2.05, 4.69) is 11.8 Å². The Morgan fingerprint density at radius 2 is 2.00 bits per heavy atom. The van der Waals surface area contributed by atoms with E-state index in [-0.39, 0.29) is 22.1 Å². The van der Waals surface area contributed by atoms with E-state index in [0.29, 0.717) is 0 Å². The smallest absolute Gasteiger partial charge is 0.258 e. The zero-order valence-electron chi connectivity index (χ0n) is 9.68. The van der Waals surface area contributed by atoms with Crippen molar-refractivity contribution < 1.29 is 13.3 Å². The molecule has 0 aromatic heterocycles. The van der Waals surface area contributed by atoms with Crippen LogP contribution in [0, 0.1) is 27.9 Å². The van der Waals surface area contributed by atoms with Crippen LogP contribution in [-0.2, 0) is 9.05 Å². The summed E-state index contributed by atoms with van der Waals surface area (Å²) in [4.78, 5) is 9.85. The van der Waals surface area contributed by atoms with E-state index < -0.39 is 14.0 Å². The molecule has 1 aromatic rings. The van der Waals surface area contributed by atoms with Crippen molar-refractivity contribution in [1.29, 1.82) is 0 Å². The Hall–Kier alpha value is -1.58. The number of nitrogens with zero attached hydrogens (tertiary/aromatic N) is 1. The van der Waals surface area contributed by atoms with Gasteiger partial charge in [0.25, 0.3) is 14.7 Å². The van der Waals surface area contributed by atoms with Gasteiger partial charge in [0, 0.05) is 22.7 Å². The molecular formula is C11H10ClNO4S. The van der Waals surface area contributed by atoms with Crippen LogP contribution in [0.25, 0.3) is 0 Å². The largest absolute Gasteiger partial charge is 0.286 e. The van der Waals surface area contributed by atoms with Crippen LogP contribution in [0.4, 0.5) is 5.69 Å². The lowest BCUT2D eigenvalue weighted by Gasteiger charge is -1.99. The average molecular weight is 288 g/mol. The topological polar surface area (TPSA) is 77.3 Å². The Morgan fingerprint density at radius 3 is 2.44 bits per heavy atom. The number of benzene rings is 1. The lowest BCUT2D eigenvalue weighted by Crippen LogP contribution is -1.97. The van der Waals surface area contributed by atoms with Crippen molar-refractivity contribution in [1.82, 2.24) is 0 Å². The third-order valence-electron chi connectivity index (χ3n) is 1.94. The SMILES string of the molecule is CC(C)C#Cc1ccc(S(=O)(=O)Cl)cc1[N+](=O)[O-]. The van der Waals surface area contributed by atoms with Crippen LogP contribution < -0.4 is 0 Å². The molecule has 0 aliphatic heterocycles. The van der Waals surface area contributed by atoms with Gasteiger partial charge in [-0.15, -0.1) is 0 Å². The summed E-state index contributed by atoms with van der Waals surface area (Å²) in [6.45, 7) is 3.69. The van der Waals surface area contributed by atoms with E-state index in [4.69, 9.17) is 10.7 Å². The van der Waals surface area contributed by atoms with Crippen molar-refractivity contribution in [3.05, 3.63) is 33.9 Å². The molecule has 1 rings (SSSR count). The molecule has 0 amide bonds. The normalized spacial score (nSPS) is 10.9. The molecule has 1 aromatic carbocycles. The molecule has 0 saturated heterocycles. The molecular weight excluding hydrogens is 278 g/mol. The lowest BCUT2D eigenvalue weighted by atomic mass is 10.1. The minimum absolute atomic E-state index is 0.0565. The van der Waals surface area contributed by atoms with E-state index in [1.54, 1.807) is 0 Å². The fourth-order valence-corrected chi connectivity index (χ4v) is 1.91. The van der Waals surface area contributed by atoms with Crippen molar-refractivity contribution >= 4 is 25.4 Å². The van der Waals surface area contributed by atoms with Crippen molar-refractivity contribution in [2.45, 2.75) is 18.7 Å². The van der Waals surface area contributed by atoms with Gasteiger partial charge in [0.15, 0.2) is 0 Å². The number of hydrogen-bond acceptors (Lipinski definition) is 4. The van der Waals surface area contributed by atoms with Crippen LogP contribution in [0.5, 0.6) is 0 Å². The zero-order valence-corrected chi connectivity index (χ0v) is 11.2. The summed E-state index contributed by atoms with van der Waals surface area (Å²) in [5, 5.41) is 10.8. The Bertz CT molecular complexity index is 641. The monoisotopic (exact) mass is 287 g/mol. The van der Waals surface area contributed by atoms with Crippen molar-refractivity contribution in [3.8, 4) is 11.8 Å². The van der Waals surface area contributed by atoms with Gasteiger partial charge in [-0.05, 0) is 12.1 Å². The first-order chi connectivity index (χ1) is 8.21. The first kappa shape index (κ1) is 14.5. The first-order valence-electron chi connectivity index (χ1n) is 4.96. The molecule has 0 radical (unpaired) electrons. The fraction of sp³-hybridized carbons (Fsp3) is 0.273. The Kier molecular flexibility index (Phi) is 4.33. The summed E-state index contributed by atoms with van der Waals surface area (Å²) in [6.07, 6.45) is 0. The molecule has 5 nitrogen and oxygen atoms in total. The second-order valence-electron chi connectivity index (χ2n) is 3.80. The van der Waals surface area contributed by atoms with Crippen molar-refractivity contribution in [2.24, 2.45) is 5.92 Å². The third kappa shape index (κ3) is 3.72. The van der Waals surface area contributed by atoms with Crippen LogP contribution in [0.3, 0.4) is 0 Å². The zero-order chi connectivity index (χ0) is 13.9. The highest BCUT2D eigenvalue weighted by Crippen LogP contribution is 2.24. The van der Waals surface area contributed by atoms with Gasteiger partial charge in [0.2, 0.25) is 0 Å². The molecule has 0 saturated carbocycles. The van der Waals surface area contributed by atoms with Crippen LogP contribution >= 0.6 is 10.7 Å². The second kappa shape index (κ2) is 5.38. The van der Waals surface area contributed by atoms with E-state index in [0.717, 1.165) is 6.07 Å². The number of nitro benzene ring substituents is 1. The molecule has 0 N–H and O–H groups in total. The molecule has 0 bridgehead atoms. The van der Waals surface area contributed by atoms with Crippen LogP contribution in [0.2, 0.25) is 0 Å². The molecule has 0 spiro atoms. The van der Waals surface area contributed by atoms with E-state index in [1.807, 2.05) is 13.8 Å². The predicted octanol–water partition coefficient (Wildman–Crippen LogP) is 2.53. The summed E-state index contributed by atoms with van der Waals surface area (Å²) >= 11 is 0. The van der Waals surface area contributed by atoms with Gasteiger partial charge in [-0.25, -0.2) is 8.42 Å². The maximum absolute atomic E-state index is 11.1. The van der Waals surface area contributed by atoms with Crippen molar-refractivity contribution in [2.75, 3.05) is 0 Å². The fourth-order valence-electron chi connectivity index (χ4n) is 1.14. The molecule has 0 fully saturated rings. The maximum Gasteiger partial charge on any atom is 0.286 e. The van der Waals surface area contributed by atoms with Crippen LogP contribution in [-0.4, -0.2) is 13.3 Å². The van der Waals surface area contributed by atoms with Gasteiger partial charge in [0.1, 0.15) is 5.56 Å². The molecule has 0 aliphatic carbocycles. The van der Waals surface area contributed by atoms with Gasteiger partial charge in [0.05, 0.1) is 9.82 Å². The molecule has 0 unspecified atom stereocenters. The predicted molar refractivity (Wildman–Crippen MR) is 67.9 cm³/mol. The number of hydrogen-bond donors (Lipinski definition) is 0. The van der Waals surface area contributed by atoms with Gasteiger partial charge < -0.3 is 0 Å². The summed E-state index contributed by atoms with van der Waals surface area (Å²) in [5.41, 5.74) is -0.206. The van der Waals surface area contributed by atoms with Gasteiger partial charge in [-0.3, -0.25) is 10.1 Å². The second-order valence-corrected chi connectivity index (χ2v) is 6.36. The third-order valence-corrected chi connectivity index (χ3v) is 3.29. The van der Waals surface area contributed by atoms with Crippen molar-refractivity contribution in [3.63, 3.8) is 0 Å². The lowest BCUT2D eigenvalue weighted by molar-refractivity contribution is -0.385. The number of nitro groups is 1.